The van der Waals surface area contributed by atoms with Crippen molar-refractivity contribution in [2.24, 2.45) is 0 Å². The highest BCUT2D eigenvalue weighted by atomic mass is 16.3. The predicted octanol–water partition coefficient (Wildman–Crippen LogP) is 3.03. The molecule has 2 aromatic rings. The monoisotopic (exact) mass is 382 g/mol. The van der Waals surface area contributed by atoms with E-state index in [4.69, 9.17) is 4.98 Å². The average molecular weight is 383 g/mol. The maximum atomic E-state index is 10.2. The molecule has 0 saturated carbocycles. The van der Waals surface area contributed by atoms with Crippen LogP contribution in [0, 0.1) is 6.92 Å². The Morgan fingerprint density at radius 2 is 1.86 bits per heavy atom. The van der Waals surface area contributed by atoms with E-state index in [1.807, 2.05) is 0 Å². The van der Waals surface area contributed by atoms with Crippen LogP contribution in [0.2, 0.25) is 0 Å². The van der Waals surface area contributed by atoms with Crippen molar-refractivity contribution in [3.8, 4) is 0 Å². The summed E-state index contributed by atoms with van der Waals surface area (Å²) in [6.07, 6.45) is 2.92. The second-order valence-electron chi connectivity index (χ2n) is 8.47. The fraction of sp³-hybridized carbons (Fsp3) is 0.609. The Kier molecular flexibility index (Phi) is 6.14. The van der Waals surface area contributed by atoms with Crippen molar-refractivity contribution >= 4 is 16.7 Å². The number of aliphatic hydroxyl groups is 1. The van der Waals surface area contributed by atoms with Gasteiger partial charge in [-0.15, -0.1) is 0 Å². The van der Waals surface area contributed by atoms with Crippen molar-refractivity contribution in [3.63, 3.8) is 0 Å². The van der Waals surface area contributed by atoms with Crippen LogP contribution in [-0.4, -0.2) is 71.8 Å². The maximum absolute atomic E-state index is 10.2. The van der Waals surface area contributed by atoms with Crippen LogP contribution in [0.3, 0.4) is 0 Å². The highest BCUT2D eigenvalue weighted by molar-refractivity contribution is 5.82. The molecule has 0 amide bonds. The summed E-state index contributed by atoms with van der Waals surface area (Å²) in [5.41, 5.74) is 3.63. The number of fused-ring (bicyclic) bond motifs is 1. The van der Waals surface area contributed by atoms with E-state index in [1.165, 1.54) is 29.5 Å². The second-order valence-corrected chi connectivity index (χ2v) is 8.47. The lowest BCUT2D eigenvalue weighted by Crippen LogP contribution is -2.39. The standard InChI is InChI=1S/C23H34N4O/c1-3-25-9-5-10-26(13-12-25)16-20-15-19-14-18(2)7-8-22(19)24-23(20)27-11-4-6-21(28)17-27/h7-8,14-15,21,28H,3-6,9-13,16-17H2,1-2H3. The number of piperidine rings is 1. The lowest BCUT2D eigenvalue weighted by molar-refractivity contribution is 0.153. The van der Waals surface area contributed by atoms with Crippen LogP contribution in [0.4, 0.5) is 5.82 Å². The van der Waals surface area contributed by atoms with Gasteiger partial charge in [-0.2, -0.15) is 0 Å². The number of likely N-dealkylation sites (N-methyl/N-ethyl adjacent to an activating group) is 1. The molecule has 0 aliphatic carbocycles. The molecule has 2 aliphatic rings. The highest BCUT2D eigenvalue weighted by Gasteiger charge is 2.23. The number of β-amino-alcohol motifs (C(OH)–C–C–N with tert-alkyl or cyclic N) is 1. The van der Waals surface area contributed by atoms with Crippen molar-refractivity contribution in [2.75, 3.05) is 50.7 Å². The predicted molar refractivity (Wildman–Crippen MR) is 116 cm³/mol. The smallest absolute Gasteiger partial charge is 0.133 e. The van der Waals surface area contributed by atoms with Gasteiger partial charge in [-0.05, 0) is 64.0 Å². The Balaban J connectivity index is 1.65. The number of benzene rings is 1. The second kappa shape index (κ2) is 8.76. The molecule has 0 bridgehead atoms. The molecule has 2 aliphatic heterocycles. The van der Waals surface area contributed by atoms with Gasteiger partial charge in [0.05, 0.1) is 11.6 Å². The van der Waals surface area contributed by atoms with Gasteiger partial charge in [0.25, 0.3) is 0 Å². The molecule has 1 aromatic carbocycles. The zero-order chi connectivity index (χ0) is 19.5. The molecule has 0 spiro atoms. The molecular weight excluding hydrogens is 348 g/mol. The molecule has 5 heteroatoms. The molecule has 2 fully saturated rings. The summed E-state index contributed by atoms with van der Waals surface area (Å²) in [5, 5.41) is 11.4. The number of pyridine rings is 1. The molecule has 1 atom stereocenters. The zero-order valence-electron chi connectivity index (χ0n) is 17.4. The van der Waals surface area contributed by atoms with Crippen LogP contribution >= 0.6 is 0 Å². The van der Waals surface area contributed by atoms with Crippen molar-refractivity contribution < 1.29 is 5.11 Å². The van der Waals surface area contributed by atoms with Crippen LogP contribution in [0.5, 0.6) is 0 Å². The third kappa shape index (κ3) is 4.48. The van der Waals surface area contributed by atoms with E-state index in [1.54, 1.807) is 0 Å². The summed E-state index contributed by atoms with van der Waals surface area (Å²) in [4.78, 5) is 12.5. The first-order chi connectivity index (χ1) is 13.6. The number of rotatable bonds is 4. The van der Waals surface area contributed by atoms with Gasteiger partial charge in [0.2, 0.25) is 0 Å². The molecule has 4 rings (SSSR count). The summed E-state index contributed by atoms with van der Waals surface area (Å²) in [5.74, 6) is 1.08. The van der Waals surface area contributed by atoms with Gasteiger partial charge in [-0.1, -0.05) is 18.6 Å². The molecule has 3 heterocycles. The van der Waals surface area contributed by atoms with Crippen molar-refractivity contribution in [1.82, 2.24) is 14.8 Å². The van der Waals surface area contributed by atoms with Crippen LogP contribution < -0.4 is 4.90 Å². The molecular formula is C23H34N4O. The lowest BCUT2D eigenvalue weighted by Gasteiger charge is -2.33. The van der Waals surface area contributed by atoms with Crippen molar-refractivity contribution in [3.05, 3.63) is 35.4 Å². The molecule has 152 valence electrons. The van der Waals surface area contributed by atoms with Crippen LogP contribution in [-0.2, 0) is 6.54 Å². The van der Waals surface area contributed by atoms with Gasteiger partial charge < -0.3 is 14.9 Å². The summed E-state index contributed by atoms with van der Waals surface area (Å²) in [6, 6.07) is 8.84. The third-order valence-electron chi connectivity index (χ3n) is 6.24. The minimum Gasteiger partial charge on any atom is -0.391 e. The average Bonchev–Trinajstić information content (AvgIpc) is 2.92. The number of hydrogen-bond acceptors (Lipinski definition) is 5. The van der Waals surface area contributed by atoms with Gasteiger partial charge in [-0.3, -0.25) is 4.90 Å². The van der Waals surface area contributed by atoms with E-state index in [9.17, 15) is 5.11 Å². The number of aliphatic hydroxyl groups excluding tert-OH is 1. The van der Waals surface area contributed by atoms with E-state index >= 15 is 0 Å². The van der Waals surface area contributed by atoms with Gasteiger partial charge in [-0.25, -0.2) is 4.98 Å². The Hall–Kier alpha value is -1.69. The first-order valence-corrected chi connectivity index (χ1v) is 10.9. The largest absolute Gasteiger partial charge is 0.391 e. The Labute approximate surface area is 169 Å². The fourth-order valence-electron chi connectivity index (χ4n) is 4.61. The number of aryl methyl sites for hydroxylation is 1. The van der Waals surface area contributed by atoms with E-state index in [2.05, 4.69) is 52.8 Å². The SMILES string of the molecule is CCN1CCCN(Cc2cc3cc(C)ccc3nc2N2CCCC(O)C2)CC1. The normalized spacial score (nSPS) is 22.5. The van der Waals surface area contributed by atoms with Gasteiger partial charge >= 0.3 is 0 Å². The molecule has 1 aromatic heterocycles. The Bertz CT molecular complexity index is 809. The highest BCUT2D eigenvalue weighted by Crippen LogP contribution is 2.28. The molecule has 5 nitrogen and oxygen atoms in total. The molecule has 1 N–H and O–H groups in total. The van der Waals surface area contributed by atoms with Gasteiger partial charge in [0.1, 0.15) is 5.82 Å². The summed E-state index contributed by atoms with van der Waals surface area (Å²) in [7, 11) is 0. The molecule has 2 saturated heterocycles. The topological polar surface area (TPSA) is 42.8 Å². The lowest BCUT2D eigenvalue weighted by atomic mass is 10.1. The number of nitrogens with zero attached hydrogens (tertiary/aromatic N) is 4. The van der Waals surface area contributed by atoms with E-state index < -0.39 is 0 Å². The number of hydrogen-bond donors (Lipinski definition) is 1. The minimum absolute atomic E-state index is 0.242. The van der Waals surface area contributed by atoms with Crippen LogP contribution in [0.25, 0.3) is 10.9 Å². The van der Waals surface area contributed by atoms with E-state index in [0.29, 0.717) is 6.54 Å². The van der Waals surface area contributed by atoms with E-state index in [0.717, 1.165) is 63.4 Å². The molecule has 0 radical (unpaired) electrons. The first kappa shape index (κ1) is 19.6. The van der Waals surface area contributed by atoms with Crippen LogP contribution in [0.1, 0.15) is 37.3 Å². The first-order valence-electron chi connectivity index (χ1n) is 10.9. The molecule has 28 heavy (non-hydrogen) atoms. The van der Waals surface area contributed by atoms with Gasteiger partial charge in [0, 0.05) is 43.7 Å². The van der Waals surface area contributed by atoms with Crippen LogP contribution in [0.15, 0.2) is 24.3 Å². The molecule has 1 unspecified atom stereocenters. The summed E-state index contributed by atoms with van der Waals surface area (Å²) in [6.45, 7) is 12.8. The Morgan fingerprint density at radius 1 is 1.04 bits per heavy atom. The zero-order valence-corrected chi connectivity index (χ0v) is 17.4. The maximum Gasteiger partial charge on any atom is 0.133 e. The summed E-state index contributed by atoms with van der Waals surface area (Å²) < 4.78 is 0. The number of anilines is 1. The fourth-order valence-corrected chi connectivity index (χ4v) is 4.61. The Morgan fingerprint density at radius 3 is 2.68 bits per heavy atom. The third-order valence-corrected chi connectivity index (χ3v) is 6.24. The van der Waals surface area contributed by atoms with Crippen molar-refractivity contribution in [2.45, 2.75) is 45.8 Å². The quantitative estimate of drug-likeness (QED) is 0.880. The van der Waals surface area contributed by atoms with Crippen molar-refractivity contribution in [1.29, 1.82) is 0 Å². The van der Waals surface area contributed by atoms with Gasteiger partial charge in [0.15, 0.2) is 0 Å². The number of aromatic nitrogens is 1. The minimum atomic E-state index is -0.242. The van der Waals surface area contributed by atoms with E-state index in [-0.39, 0.29) is 6.10 Å². The summed E-state index contributed by atoms with van der Waals surface area (Å²) >= 11 is 0.